The minimum Gasteiger partial charge on any atom is -0.456 e. The van der Waals surface area contributed by atoms with Crippen LogP contribution in [-0.2, 0) is 0 Å². The zero-order chi connectivity index (χ0) is 48.4. The summed E-state index contributed by atoms with van der Waals surface area (Å²) in [5, 5.41) is 19.0. The van der Waals surface area contributed by atoms with Crippen LogP contribution < -0.4 is 0 Å². The third-order valence-corrected chi connectivity index (χ3v) is 15.8. The molecule has 0 aliphatic rings. The first kappa shape index (κ1) is 40.9. The zero-order valence-electron chi connectivity index (χ0n) is 40.1. The molecule has 2 aromatic heterocycles. The van der Waals surface area contributed by atoms with Crippen LogP contribution in [0.3, 0.4) is 0 Å². The normalized spacial score (nSPS) is 12.1. The molecule has 2 heterocycles. The summed E-state index contributed by atoms with van der Waals surface area (Å²) in [6, 6.07) is 93.1. The molecule has 16 rings (SSSR count). The first-order valence-corrected chi connectivity index (χ1v) is 25.5. The molecule has 342 valence electrons. The van der Waals surface area contributed by atoms with E-state index < -0.39 is 0 Å². The summed E-state index contributed by atoms with van der Waals surface area (Å²) >= 11 is 0. The maximum absolute atomic E-state index is 6.84. The average Bonchev–Trinajstić information content (AvgIpc) is 4.03. The second kappa shape index (κ2) is 15.9. The average molecular weight is 939 g/mol. The third kappa shape index (κ3) is 6.06. The van der Waals surface area contributed by atoms with Gasteiger partial charge in [0.1, 0.15) is 22.3 Å². The van der Waals surface area contributed by atoms with Crippen LogP contribution in [0.1, 0.15) is 0 Å². The molecule has 0 bridgehead atoms. The summed E-state index contributed by atoms with van der Waals surface area (Å²) in [6.07, 6.45) is 0. The van der Waals surface area contributed by atoms with Gasteiger partial charge in [-0.1, -0.05) is 206 Å². The Bertz CT molecular complexity index is 4900. The van der Waals surface area contributed by atoms with Gasteiger partial charge in [0.2, 0.25) is 0 Å². The summed E-state index contributed by atoms with van der Waals surface area (Å²) in [4.78, 5) is 0. The van der Waals surface area contributed by atoms with Gasteiger partial charge >= 0.3 is 0 Å². The van der Waals surface area contributed by atoms with E-state index in [1.165, 1.54) is 104 Å². The van der Waals surface area contributed by atoms with Crippen LogP contribution >= 0.6 is 0 Å². The van der Waals surface area contributed by atoms with Gasteiger partial charge in [0.25, 0.3) is 0 Å². The third-order valence-electron chi connectivity index (χ3n) is 15.8. The van der Waals surface area contributed by atoms with Crippen LogP contribution in [0.5, 0.6) is 0 Å². The number of benzene rings is 14. The Morgan fingerprint density at radius 2 is 0.541 bits per heavy atom. The molecule has 16 aromatic rings. The molecule has 0 fully saturated rings. The minimum absolute atomic E-state index is 0.868. The molecule has 74 heavy (non-hydrogen) atoms. The topological polar surface area (TPSA) is 26.3 Å². The fourth-order valence-electron chi connectivity index (χ4n) is 12.6. The van der Waals surface area contributed by atoms with E-state index in [2.05, 4.69) is 255 Å². The molecule has 2 nitrogen and oxygen atoms in total. The Hall–Kier alpha value is -9.76. The van der Waals surface area contributed by atoms with E-state index in [-0.39, 0.29) is 0 Å². The maximum Gasteiger partial charge on any atom is 0.136 e. The second-order valence-electron chi connectivity index (χ2n) is 19.8. The Morgan fingerprint density at radius 3 is 1.07 bits per heavy atom. The molecule has 0 atom stereocenters. The molecule has 0 radical (unpaired) electrons. The predicted octanol–water partition coefficient (Wildman–Crippen LogP) is 20.7. The zero-order valence-corrected chi connectivity index (χ0v) is 40.1. The van der Waals surface area contributed by atoms with E-state index in [0.29, 0.717) is 0 Å². The highest BCUT2D eigenvalue weighted by molar-refractivity contribution is 6.26. The number of hydrogen-bond acceptors (Lipinski definition) is 2. The van der Waals surface area contributed by atoms with Crippen LogP contribution in [0, 0.1) is 0 Å². The van der Waals surface area contributed by atoms with Gasteiger partial charge < -0.3 is 8.83 Å². The van der Waals surface area contributed by atoms with Crippen molar-refractivity contribution < 1.29 is 8.83 Å². The second-order valence-corrected chi connectivity index (χ2v) is 19.8. The summed E-state index contributed by atoms with van der Waals surface area (Å²) in [7, 11) is 0. The van der Waals surface area contributed by atoms with Crippen molar-refractivity contribution in [2.75, 3.05) is 0 Å². The fourth-order valence-corrected chi connectivity index (χ4v) is 12.6. The molecule has 0 saturated heterocycles. The van der Waals surface area contributed by atoms with E-state index >= 15 is 0 Å². The van der Waals surface area contributed by atoms with Crippen LogP contribution in [0.2, 0.25) is 0 Å². The SMILES string of the molecule is c1ccc(-c2ccc(-c3c4ccccc4c(-c4ccc5oc6cc(-c7c8ccccc8c(-c8ccc9oc%10cc%11ccccc%11cc%10c9c8)c8ccccc78)ccc6c5c4)c4ccccc34)c3ccccc23)cc1. The van der Waals surface area contributed by atoms with Crippen molar-refractivity contribution in [1.29, 1.82) is 0 Å². The first-order valence-electron chi connectivity index (χ1n) is 25.5. The number of hydrogen-bond donors (Lipinski definition) is 0. The lowest BCUT2D eigenvalue weighted by Gasteiger charge is -2.19. The quantitative estimate of drug-likeness (QED) is 0.161. The van der Waals surface area contributed by atoms with Crippen LogP contribution in [-0.4, -0.2) is 0 Å². The van der Waals surface area contributed by atoms with Crippen molar-refractivity contribution in [3.05, 3.63) is 255 Å². The Kier molecular flexibility index (Phi) is 8.78. The van der Waals surface area contributed by atoms with Gasteiger partial charge in [-0.05, 0) is 169 Å². The standard InChI is InChI=1S/C72H42O2/c1-2-16-43(17-3-1)49-34-35-61(51-21-7-6-20-50(49)51)72-59-28-14-12-26-57(59)70(58-27-13-15-29-60(58)72)46-31-36-65-62(39-46)52-33-30-48(42-67(52)73-65)71-55-24-10-8-22-53(55)69(54-23-9-11-25-56(54)71)47-32-37-66-63(40-47)64-38-44-18-4-5-19-45(44)41-68(64)74-66/h1-42H. The van der Waals surface area contributed by atoms with E-state index in [9.17, 15) is 0 Å². The molecule has 0 amide bonds. The van der Waals surface area contributed by atoms with Gasteiger partial charge in [-0.25, -0.2) is 0 Å². The minimum atomic E-state index is 0.868. The molecule has 0 unspecified atom stereocenters. The Labute approximate surface area is 425 Å². The van der Waals surface area contributed by atoms with E-state index in [1.807, 2.05) is 0 Å². The fraction of sp³-hybridized carbons (Fsp3) is 0. The number of fused-ring (bicyclic) bond motifs is 12. The van der Waals surface area contributed by atoms with Crippen molar-refractivity contribution in [1.82, 2.24) is 0 Å². The summed E-state index contributed by atoms with van der Waals surface area (Å²) in [5.74, 6) is 0. The molecule has 14 aromatic carbocycles. The predicted molar refractivity (Wildman–Crippen MR) is 313 cm³/mol. The van der Waals surface area contributed by atoms with Gasteiger partial charge in [-0.2, -0.15) is 0 Å². The van der Waals surface area contributed by atoms with Crippen LogP contribution in [0.4, 0.5) is 0 Å². The van der Waals surface area contributed by atoms with Gasteiger partial charge in [0, 0.05) is 21.5 Å². The van der Waals surface area contributed by atoms with Crippen molar-refractivity contribution in [2.45, 2.75) is 0 Å². The summed E-state index contributed by atoms with van der Waals surface area (Å²) in [6.45, 7) is 0. The summed E-state index contributed by atoms with van der Waals surface area (Å²) < 4.78 is 13.3. The number of rotatable bonds is 5. The monoisotopic (exact) mass is 938 g/mol. The van der Waals surface area contributed by atoms with Crippen molar-refractivity contribution in [3.8, 4) is 55.6 Å². The number of furan rings is 2. The molecular formula is C72H42O2. The van der Waals surface area contributed by atoms with E-state index in [4.69, 9.17) is 8.83 Å². The van der Waals surface area contributed by atoms with Gasteiger partial charge in [-0.15, -0.1) is 0 Å². The van der Waals surface area contributed by atoms with E-state index in [0.717, 1.165) is 60.6 Å². The molecule has 0 spiro atoms. The lowest BCUT2D eigenvalue weighted by Crippen LogP contribution is -1.92. The van der Waals surface area contributed by atoms with Gasteiger partial charge in [0.05, 0.1) is 0 Å². The Balaban J connectivity index is 0.849. The maximum atomic E-state index is 6.84. The first-order chi connectivity index (χ1) is 36.7. The lowest BCUT2D eigenvalue weighted by molar-refractivity contribution is 0.669. The molecule has 0 saturated carbocycles. The van der Waals surface area contributed by atoms with Crippen LogP contribution in [0.15, 0.2) is 264 Å². The highest BCUT2D eigenvalue weighted by atomic mass is 16.3. The van der Waals surface area contributed by atoms with Crippen molar-refractivity contribution in [3.63, 3.8) is 0 Å². The van der Waals surface area contributed by atoms with Crippen LogP contribution in [0.25, 0.3) is 164 Å². The molecule has 0 aliphatic carbocycles. The van der Waals surface area contributed by atoms with Crippen molar-refractivity contribution in [2.24, 2.45) is 0 Å². The molecule has 0 aliphatic heterocycles. The smallest absolute Gasteiger partial charge is 0.136 e. The Morgan fingerprint density at radius 1 is 0.176 bits per heavy atom. The largest absolute Gasteiger partial charge is 0.456 e. The highest BCUT2D eigenvalue weighted by Crippen LogP contribution is 2.49. The molecule has 2 heteroatoms. The van der Waals surface area contributed by atoms with Gasteiger partial charge in [-0.3, -0.25) is 0 Å². The highest BCUT2D eigenvalue weighted by Gasteiger charge is 2.22. The van der Waals surface area contributed by atoms with Crippen molar-refractivity contribution >= 4 is 109 Å². The van der Waals surface area contributed by atoms with Gasteiger partial charge in [0.15, 0.2) is 0 Å². The molecule has 0 N–H and O–H groups in total. The lowest BCUT2D eigenvalue weighted by atomic mass is 9.83. The van der Waals surface area contributed by atoms with E-state index in [1.54, 1.807) is 0 Å². The summed E-state index contributed by atoms with van der Waals surface area (Å²) in [5.41, 5.74) is 15.6. The molecular weight excluding hydrogens is 897 g/mol.